The van der Waals surface area contributed by atoms with Crippen molar-refractivity contribution >= 4 is 12.1 Å². The van der Waals surface area contributed by atoms with E-state index in [2.05, 4.69) is 5.32 Å². The molecule has 0 bridgehead atoms. The summed E-state index contributed by atoms with van der Waals surface area (Å²) in [6.07, 6.45) is -3.91. The van der Waals surface area contributed by atoms with E-state index >= 15 is 0 Å². The van der Waals surface area contributed by atoms with E-state index in [1.807, 2.05) is 0 Å². The Morgan fingerprint density at radius 3 is 2.27 bits per heavy atom. The first-order chi connectivity index (χ1) is 6.88. The van der Waals surface area contributed by atoms with Crippen LogP contribution in [0.1, 0.15) is 16.7 Å². The minimum atomic E-state index is -4.35. The molecular weight excluding hydrogens is 207 g/mol. The molecule has 0 radical (unpaired) electrons. The molecule has 0 aliphatic rings. The van der Waals surface area contributed by atoms with Crippen LogP contribution in [0.3, 0.4) is 0 Å². The maximum atomic E-state index is 12.5. The third-order valence-electron chi connectivity index (χ3n) is 2.31. The molecule has 82 valence electrons. The molecule has 5 heteroatoms. The van der Waals surface area contributed by atoms with Crippen LogP contribution < -0.4 is 5.32 Å². The zero-order valence-electron chi connectivity index (χ0n) is 8.27. The van der Waals surface area contributed by atoms with Gasteiger partial charge in [0, 0.05) is 5.69 Å². The van der Waals surface area contributed by atoms with E-state index in [1.54, 1.807) is 0 Å². The number of alkyl halides is 3. The first-order valence-corrected chi connectivity index (χ1v) is 4.25. The van der Waals surface area contributed by atoms with Gasteiger partial charge in [-0.2, -0.15) is 13.2 Å². The van der Waals surface area contributed by atoms with Gasteiger partial charge in [0.1, 0.15) is 0 Å². The lowest BCUT2D eigenvalue weighted by Gasteiger charge is -2.14. The van der Waals surface area contributed by atoms with Crippen LogP contribution >= 0.6 is 0 Å². The number of hydrogen-bond acceptors (Lipinski definition) is 1. The number of amides is 1. The molecule has 2 nitrogen and oxygen atoms in total. The molecule has 0 aromatic heterocycles. The van der Waals surface area contributed by atoms with Crippen LogP contribution in [0.15, 0.2) is 12.1 Å². The van der Waals surface area contributed by atoms with E-state index in [4.69, 9.17) is 0 Å². The van der Waals surface area contributed by atoms with Crippen molar-refractivity contribution in [3.05, 3.63) is 28.8 Å². The van der Waals surface area contributed by atoms with Crippen molar-refractivity contribution < 1.29 is 18.0 Å². The summed E-state index contributed by atoms with van der Waals surface area (Å²) in [5, 5.41) is 2.35. The van der Waals surface area contributed by atoms with Gasteiger partial charge in [0.2, 0.25) is 6.41 Å². The van der Waals surface area contributed by atoms with Crippen LogP contribution in [0.4, 0.5) is 18.9 Å². The maximum absolute atomic E-state index is 12.5. The minimum absolute atomic E-state index is 0.134. The van der Waals surface area contributed by atoms with Crippen molar-refractivity contribution in [1.29, 1.82) is 0 Å². The third kappa shape index (κ3) is 2.29. The second-order valence-corrected chi connectivity index (χ2v) is 3.17. The molecule has 0 unspecified atom stereocenters. The molecule has 1 amide bonds. The average Bonchev–Trinajstić information content (AvgIpc) is 2.11. The summed E-state index contributed by atoms with van der Waals surface area (Å²) in [5.41, 5.74) is 0.290. The number of rotatable bonds is 2. The van der Waals surface area contributed by atoms with E-state index in [-0.39, 0.29) is 5.56 Å². The van der Waals surface area contributed by atoms with Crippen LogP contribution in [-0.4, -0.2) is 6.41 Å². The Morgan fingerprint density at radius 1 is 1.20 bits per heavy atom. The molecule has 0 saturated carbocycles. The third-order valence-corrected chi connectivity index (χ3v) is 2.31. The number of benzene rings is 1. The molecule has 1 aromatic carbocycles. The number of hydrogen-bond donors (Lipinski definition) is 1. The zero-order valence-corrected chi connectivity index (χ0v) is 8.27. The predicted molar refractivity (Wildman–Crippen MR) is 50.6 cm³/mol. The molecule has 1 rings (SSSR count). The standard InChI is InChI=1S/C10H10F3NO/c1-6-7(2)9(14-5-15)4-3-8(6)10(11,12)13/h3-5H,1-2H3,(H,14,15). The lowest BCUT2D eigenvalue weighted by atomic mass is 10.0. The fourth-order valence-electron chi connectivity index (χ4n) is 1.35. The van der Waals surface area contributed by atoms with Gasteiger partial charge in [0.25, 0.3) is 0 Å². The molecule has 0 fully saturated rings. The van der Waals surface area contributed by atoms with Crippen molar-refractivity contribution in [2.45, 2.75) is 20.0 Å². The van der Waals surface area contributed by atoms with Crippen LogP contribution in [-0.2, 0) is 11.0 Å². The summed E-state index contributed by atoms with van der Waals surface area (Å²) in [6.45, 7) is 2.92. The van der Waals surface area contributed by atoms with Gasteiger partial charge >= 0.3 is 6.18 Å². The van der Waals surface area contributed by atoms with Gasteiger partial charge in [0.05, 0.1) is 5.56 Å². The Kier molecular flexibility index (Phi) is 3.02. The monoisotopic (exact) mass is 217 g/mol. The van der Waals surface area contributed by atoms with Crippen molar-refractivity contribution in [2.75, 3.05) is 5.32 Å². The summed E-state index contributed by atoms with van der Waals surface area (Å²) in [6, 6.07) is 2.22. The van der Waals surface area contributed by atoms with E-state index in [0.717, 1.165) is 6.07 Å². The Labute approximate surface area is 85.1 Å². The Hall–Kier alpha value is -1.52. The van der Waals surface area contributed by atoms with Crippen LogP contribution in [0.2, 0.25) is 0 Å². The quantitative estimate of drug-likeness (QED) is 0.758. The molecule has 1 N–H and O–H groups in total. The maximum Gasteiger partial charge on any atom is 0.416 e. The molecule has 15 heavy (non-hydrogen) atoms. The van der Waals surface area contributed by atoms with Crippen LogP contribution in [0.5, 0.6) is 0 Å². The van der Waals surface area contributed by atoms with Crippen molar-refractivity contribution in [3.63, 3.8) is 0 Å². The molecular formula is C10H10F3NO. The largest absolute Gasteiger partial charge is 0.416 e. The highest BCUT2D eigenvalue weighted by molar-refractivity contribution is 5.74. The molecule has 0 aliphatic carbocycles. The Bertz CT molecular complexity index is 385. The summed E-state index contributed by atoms with van der Waals surface area (Å²) < 4.78 is 37.4. The van der Waals surface area contributed by atoms with Gasteiger partial charge in [-0.15, -0.1) is 0 Å². The van der Waals surface area contributed by atoms with Crippen LogP contribution in [0.25, 0.3) is 0 Å². The van der Waals surface area contributed by atoms with Crippen molar-refractivity contribution in [3.8, 4) is 0 Å². The van der Waals surface area contributed by atoms with Gasteiger partial charge < -0.3 is 5.32 Å². The fraction of sp³-hybridized carbons (Fsp3) is 0.300. The molecule has 0 aliphatic heterocycles. The number of carbonyl (C=O) groups excluding carboxylic acids is 1. The molecule has 0 heterocycles. The Balaban J connectivity index is 3.27. The number of anilines is 1. The number of carbonyl (C=O) groups is 1. The lowest BCUT2D eigenvalue weighted by Crippen LogP contribution is -2.09. The van der Waals surface area contributed by atoms with Gasteiger partial charge in [-0.1, -0.05) is 0 Å². The second-order valence-electron chi connectivity index (χ2n) is 3.17. The van der Waals surface area contributed by atoms with E-state index in [0.29, 0.717) is 17.7 Å². The summed E-state index contributed by atoms with van der Waals surface area (Å²) >= 11 is 0. The lowest BCUT2D eigenvalue weighted by molar-refractivity contribution is -0.138. The highest BCUT2D eigenvalue weighted by atomic mass is 19.4. The SMILES string of the molecule is Cc1c(NC=O)ccc(C(F)(F)F)c1C. The molecule has 0 saturated heterocycles. The van der Waals surface area contributed by atoms with E-state index < -0.39 is 11.7 Å². The highest BCUT2D eigenvalue weighted by Gasteiger charge is 2.32. The second kappa shape index (κ2) is 3.92. The first-order valence-electron chi connectivity index (χ1n) is 4.25. The predicted octanol–water partition coefficient (Wildman–Crippen LogP) is 2.89. The molecule has 0 atom stereocenters. The molecule has 0 spiro atoms. The Morgan fingerprint density at radius 2 is 1.80 bits per heavy atom. The minimum Gasteiger partial charge on any atom is -0.328 e. The average molecular weight is 217 g/mol. The van der Waals surface area contributed by atoms with Crippen molar-refractivity contribution in [2.24, 2.45) is 0 Å². The number of nitrogens with one attached hydrogen (secondary N) is 1. The van der Waals surface area contributed by atoms with Gasteiger partial charge in [0.15, 0.2) is 0 Å². The van der Waals surface area contributed by atoms with Gasteiger partial charge in [-0.3, -0.25) is 4.79 Å². The normalized spacial score (nSPS) is 11.3. The van der Waals surface area contributed by atoms with E-state index in [9.17, 15) is 18.0 Å². The van der Waals surface area contributed by atoms with E-state index in [1.165, 1.54) is 19.9 Å². The summed E-state index contributed by atoms with van der Waals surface area (Å²) in [4.78, 5) is 10.2. The highest BCUT2D eigenvalue weighted by Crippen LogP contribution is 2.34. The first kappa shape index (κ1) is 11.6. The smallest absolute Gasteiger partial charge is 0.328 e. The summed E-state index contributed by atoms with van der Waals surface area (Å²) in [7, 11) is 0. The van der Waals surface area contributed by atoms with Crippen LogP contribution in [0, 0.1) is 13.8 Å². The van der Waals surface area contributed by atoms with Gasteiger partial charge in [-0.05, 0) is 37.1 Å². The number of halogens is 3. The zero-order chi connectivity index (χ0) is 11.6. The fourth-order valence-corrected chi connectivity index (χ4v) is 1.35. The van der Waals surface area contributed by atoms with Crippen molar-refractivity contribution in [1.82, 2.24) is 0 Å². The molecule has 1 aromatic rings. The van der Waals surface area contributed by atoms with Gasteiger partial charge in [-0.25, -0.2) is 0 Å². The summed E-state index contributed by atoms with van der Waals surface area (Å²) in [5.74, 6) is 0. The topological polar surface area (TPSA) is 29.1 Å².